The van der Waals surface area contributed by atoms with Crippen LogP contribution in [-0.4, -0.2) is 11.1 Å². The van der Waals surface area contributed by atoms with Crippen molar-refractivity contribution in [2.24, 2.45) is 0 Å². The summed E-state index contributed by atoms with van der Waals surface area (Å²) in [7, 11) is 0. The molecule has 1 heterocycles. The van der Waals surface area contributed by atoms with Crippen molar-refractivity contribution in [1.82, 2.24) is 5.32 Å². The third kappa shape index (κ3) is 3.04. The maximum atomic E-state index is 11.6. The van der Waals surface area contributed by atoms with Crippen molar-refractivity contribution in [2.75, 3.05) is 0 Å². The second-order valence-corrected chi connectivity index (χ2v) is 6.40. The Labute approximate surface area is 141 Å². The molecule has 0 saturated carbocycles. The fourth-order valence-corrected chi connectivity index (χ4v) is 3.43. The quantitative estimate of drug-likeness (QED) is 0.777. The number of benzene rings is 2. The van der Waals surface area contributed by atoms with Crippen LogP contribution >= 0.6 is 35.0 Å². The molecule has 3 nitrogen and oxygen atoms in total. The van der Waals surface area contributed by atoms with E-state index in [1.165, 1.54) is 0 Å². The first-order valence-corrected chi connectivity index (χ1v) is 7.91. The minimum atomic E-state index is -0.379. The molecule has 110 valence electrons. The monoisotopic (exact) mass is 349 g/mol. The van der Waals surface area contributed by atoms with E-state index in [0.29, 0.717) is 15.0 Å². The minimum Gasteiger partial charge on any atom is -0.282 e. The molecule has 0 aromatic heterocycles. The lowest BCUT2D eigenvalue weighted by atomic mass is 10.0. The molecule has 0 unspecified atom stereocenters. The highest BCUT2D eigenvalue weighted by atomic mass is 35.5. The molecule has 3 rings (SSSR count). The van der Waals surface area contributed by atoms with Gasteiger partial charge in [-0.05, 0) is 47.2 Å². The summed E-state index contributed by atoms with van der Waals surface area (Å²) in [5, 5.41) is 2.98. The van der Waals surface area contributed by atoms with Crippen LogP contribution in [0.3, 0.4) is 0 Å². The van der Waals surface area contributed by atoms with Crippen LogP contribution in [0, 0.1) is 0 Å². The van der Waals surface area contributed by atoms with Gasteiger partial charge < -0.3 is 0 Å². The number of hydrogen-bond acceptors (Lipinski definition) is 3. The Kier molecular flexibility index (Phi) is 4.25. The fraction of sp³-hybridized carbons (Fsp3) is 0. The molecule has 0 radical (unpaired) electrons. The van der Waals surface area contributed by atoms with E-state index in [0.717, 1.165) is 28.5 Å². The van der Waals surface area contributed by atoms with Gasteiger partial charge in [-0.3, -0.25) is 14.9 Å². The normalized spacial score (nSPS) is 16.2. The summed E-state index contributed by atoms with van der Waals surface area (Å²) in [6.07, 6.45) is 1.67. The zero-order valence-corrected chi connectivity index (χ0v) is 13.4. The van der Waals surface area contributed by atoms with Gasteiger partial charge >= 0.3 is 0 Å². The lowest BCUT2D eigenvalue weighted by Gasteiger charge is -2.08. The molecule has 2 amide bonds. The van der Waals surface area contributed by atoms with Gasteiger partial charge in [0.1, 0.15) is 0 Å². The van der Waals surface area contributed by atoms with Gasteiger partial charge in [-0.15, -0.1) is 0 Å². The lowest BCUT2D eigenvalue weighted by molar-refractivity contribution is -0.115. The van der Waals surface area contributed by atoms with E-state index in [9.17, 15) is 9.59 Å². The van der Waals surface area contributed by atoms with Crippen LogP contribution in [0.2, 0.25) is 10.0 Å². The van der Waals surface area contributed by atoms with Crippen LogP contribution in [-0.2, 0) is 4.79 Å². The Hall–Kier alpha value is -1.75. The lowest BCUT2D eigenvalue weighted by Crippen LogP contribution is -2.17. The summed E-state index contributed by atoms with van der Waals surface area (Å²) in [6.45, 7) is 0. The van der Waals surface area contributed by atoms with Crippen LogP contribution < -0.4 is 5.32 Å². The molecule has 0 atom stereocenters. The standard InChI is InChI=1S/C16H9Cl2NO2S/c17-11-5-2-6-12(18)14(11)10-4-1-3-9(7-10)8-13-15(20)19-16(21)22-13/h1-8H,(H,19,20,21)/b13-8-. The van der Waals surface area contributed by atoms with Crippen molar-refractivity contribution in [3.8, 4) is 11.1 Å². The van der Waals surface area contributed by atoms with Crippen molar-refractivity contribution in [2.45, 2.75) is 0 Å². The number of hydrogen-bond donors (Lipinski definition) is 1. The maximum Gasteiger partial charge on any atom is 0.290 e. The highest BCUT2D eigenvalue weighted by Crippen LogP contribution is 2.35. The number of amides is 2. The number of nitrogens with one attached hydrogen (secondary N) is 1. The highest BCUT2D eigenvalue weighted by molar-refractivity contribution is 8.18. The second-order valence-electron chi connectivity index (χ2n) is 4.57. The summed E-state index contributed by atoms with van der Waals surface area (Å²) < 4.78 is 0. The molecule has 1 aliphatic rings. The Bertz CT molecular complexity index is 797. The molecule has 0 aliphatic carbocycles. The Morgan fingerprint density at radius 1 is 1.00 bits per heavy atom. The highest BCUT2D eigenvalue weighted by Gasteiger charge is 2.24. The molecule has 6 heteroatoms. The molecule has 1 fully saturated rings. The first kappa shape index (κ1) is 15.2. The summed E-state index contributed by atoms with van der Waals surface area (Å²) in [4.78, 5) is 23.1. The predicted molar refractivity (Wildman–Crippen MR) is 91.0 cm³/mol. The minimum absolute atomic E-state index is 0.360. The third-order valence-electron chi connectivity index (χ3n) is 3.08. The Balaban J connectivity index is 2.02. The molecule has 2 aromatic carbocycles. The maximum absolute atomic E-state index is 11.6. The predicted octanol–water partition coefficient (Wildman–Crippen LogP) is 4.98. The molecule has 1 saturated heterocycles. The Morgan fingerprint density at radius 2 is 1.68 bits per heavy atom. The summed E-state index contributed by atoms with van der Waals surface area (Å²) in [5.41, 5.74) is 2.38. The van der Waals surface area contributed by atoms with Crippen molar-refractivity contribution < 1.29 is 9.59 Å². The van der Waals surface area contributed by atoms with E-state index in [1.807, 2.05) is 24.3 Å². The van der Waals surface area contributed by atoms with E-state index in [2.05, 4.69) is 5.32 Å². The van der Waals surface area contributed by atoms with Gasteiger partial charge in [-0.1, -0.05) is 47.5 Å². The summed E-state index contributed by atoms with van der Waals surface area (Å²) in [5.74, 6) is -0.379. The van der Waals surface area contributed by atoms with E-state index < -0.39 is 0 Å². The molecule has 1 aliphatic heterocycles. The second kappa shape index (κ2) is 6.16. The SMILES string of the molecule is O=C1NC(=O)/C(=C/c2cccc(-c3c(Cl)cccc3Cl)c2)S1. The van der Waals surface area contributed by atoms with Gasteiger partial charge in [0.15, 0.2) is 0 Å². The smallest absolute Gasteiger partial charge is 0.282 e. The van der Waals surface area contributed by atoms with E-state index in [4.69, 9.17) is 23.2 Å². The molecule has 0 spiro atoms. The van der Waals surface area contributed by atoms with Gasteiger partial charge in [0.25, 0.3) is 11.1 Å². The third-order valence-corrected chi connectivity index (χ3v) is 4.52. The summed E-state index contributed by atoms with van der Waals surface area (Å²) >= 11 is 13.3. The molecular weight excluding hydrogens is 341 g/mol. The van der Waals surface area contributed by atoms with E-state index in [-0.39, 0.29) is 11.1 Å². The van der Waals surface area contributed by atoms with Crippen LogP contribution in [0.5, 0.6) is 0 Å². The number of rotatable bonds is 2. The number of imide groups is 1. The molecule has 22 heavy (non-hydrogen) atoms. The number of carbonyl (C=O) groups is 2. The van der Waals surface area contributed by atoms with Crippen molar-refractivity contribution >= 4 is 52.2 Å². The topological polar surface area (TPSA) is 46.2 Å². The van der Waals surface area contributed by atoms with Crippen molar-refractivity contribution in [3.05, 3.63) is 63.0 Å². The summed E-state index contributed by atoms with van der Waals surface area (Å²) in [6, 6.07) is 12.8. The van der Waals surface area contributed by atoms with Crippen molar-refractivity contribution in [3.63, 3.8) is 0 Å². The Morgan fingerprint density at radius 3 is 2.32 bits per heavy atom. The largest absolute Gasteiger partial charge is 0.290 e. The van der Waals surface area contributed by atoms with Gasteiger partial charge in [0, 0.05) is 15.6 Å². The average Bonchev–Trinajstić information content (AvgIpc) is 2.77. The zero-order valence-electron chi connectivity index (χ0n) is 11.1. The van der Waals surface area contributed by atoms with E-state index >= 15 is 0 Å². The number of carbonyl (C=O) groups excluding carboxylic acids is 2. The van der Waals surface area contributed by atoms with Crippen LogP contribution in [0.1, 0.15) is 5.56 Å². The van der Waals surface area contributed by atoms with Crippen molar-refractivity contribution in [1.29, 1.82) is 0 Å². The van der Waals surface area contributed by atoms with Crippen LogP contribution in [0.15, 0.2) is 47.4 Å². The van der Waals surface area contributed by atoms with Gasteiger partial charge in [0.05, 0.1) is 4.91 Å². The molecule has 0 bridgehead atoms. The first-order chi connectivity index (χ1) is 10.5. The zero-order chi connectivity index (χ0) is 15.7. The van der Waals surface area contributed by atoms with Crippen LogP contribution in [0.25, 0.3) is 17.2 Å². The van der Waals surface area contributed by atoms with Gasteiger partial charge in [0.2, 0.25) is 0 Å². The van der Waals surface area contributed by atoms with Gasteiger partial charge in [-0.25, -0.2) is 0 Å². The van der Waals surface area contributed by atoms with Crippen LogP contribution in [0.4, 0.5) is 4.79 Å². The van der Waals surface area contributed by atoms with Gasteiger partial charge in [-0.2, -0.15) is 0 Å². The number of halogens is 2. The molecular formula is C16H9Cl2NO2S. The number of thioether (sulfide) groups is 1. The fourth-order valence-electron chi connectivity index (χ4n) is 2.13. The van der Waals surface area contributed by atoms with E-state index in [1.54, 1.807) is 24.3 Å². The molecule has 2 aromatic rings. The average molecular weight is 350 g/mol. The first-order valence-electron chi connectivity index (χ1n) is 6.34. The molecule has 1 N–H and O–H groups in total.